The summed E-state index contributed by atoms with van der Waals surface area (Å²) in [4.78, 5) is 6.95. The number of hydrogen-bond donors (Lipinski definition) is 0. The number of benzene rings is 4. The van der Waals surface area contributed by atoms with Crippen LogP contribution in [-0.2, 0) is 0 Å². The van der Waals surface area contributed by atoms with Crippen molar-refractivity contribution in [2.24, 2.45) is 0 Å². The quantitative estimate of drug-likeness (QED) is 0.188. The van der Waals surface area contributed by atoms with Crippen LogP contribution in [0.1, 0.15) is 29.6 Å². The predicted molar refractivity (Wildman–Crippen MR) is 184 cm³/mol. The van der Waals surface area contributed by atoms with Gasteiger partial charge in [0.2, 0.25) is 0 Å². The van der Waals surface area contributed by atoms with Crippen molar-refractivity contribution in [3.8, 4) is 33.4 Å². The fourth-order valence-corrected chi connectivity index (χ4v) is 6.56. The summed E-state index contributed by atoms with van der Waals surface area (Å²) in [6.07, 6.45) is 13.6. The van der Waals surface area contributed by atoms with E-state index in [1.54, 1.807) is 6.08 Å². The van der Waals surface area contributed by atoms with E-state index in [1.807, 2.05) is 55.6 Å². The number of fused-ring (bicyclic) bond motifs is 4. The molecule has 3 heteroatoms. The highest BCUT2D eigenvalue weighted by molar-refractivity contribution is 6.18. The van der Waals surface area contributed by atoms with Crippen LogP contribution < -0.4 is 4.90 Å². The summed E-state index contributed by atoms with van der Waals surface area (Å²) in [5, 5.41) is 2.56. The Labute approximate surface area is 256 Å². The molecule has 0 unspecified atom stereocenters. The Bertz CT molecular complexity index is 2210. The molecule has 0 N–H and O–H groups in total. The maximum absolute atomic E-state index is 6.49. The number of furan rings is 1. The van der Waals surface area contributed by atoms with E-state index in [0.717, 1.165) is 45.4 Å². The molecule has 0 amide bonds. The van der Waals surface area contributed by atoms with Gasteiger partial charge in [-0.1, -0.05) is 91.5 Å². The summed E-state index contributed by atoms with van der Waals surface area (Å²) < 4.78 is 6.49. The Kier molecular flexibility index (Phi) is 6.11. The van der Waals surface area contributed by atoms with E-state index < -0.39 is 0 Å². The van der Waals surface area contributed by atoms with E-state index in [1.165, 1.54) is 38.6 Å². The van der Waals surface area contributed by atoms with Gasteiger partial charge in [-0.3, -0.25) is 4.90 Å². The minimum atomic E-state index is 0.725. The van der Waals surface area contributed by atoms with Gasteiger partial charge in [-0.25, -0.2) is 4.98 Å². The summed E-state index contributed by atoms with van der Waals surface area (Å²) in [6.45, 7) is 6.02. The molecule has 8 rings (SSSR count). The molecular weight excluding hydrogens is 536 g/mol. The van der Waals surface area contributed by atoms with Crippen molar-refractivity contribution in [2.45, 2.75) is 6.92 Å². The van der Waals surface area contributed by atoms with Gasteiger partial charge >= 0.3 is 0 Å². The lowest BCUT2D eigenvalue weighted by Crippen LogP contribution is -2.17. The van der Waals surface area contributed by atoms with Gasteiger partial charge in [0.05, 0.1) is 5.70 Å². The zero-order valence-electron chi connectivity index (χ0n) is 24.3. The van der Waals surface area contributed by atoms with Gasteiger partial charge in [0.1, 0.15) is 11.6 Å². The van der Waals surface area contributed by atoms with Crippen molar-refractivity contribution in [1.29, 1.82) is 0 Å². The van der Waals surface area contributed by atoms with Crippen molar-refractivity contribution in [3.05, 3.63) is 156 Å². The SMILES string of the molecule is C=Cc1oc2c(c1/C=C\C)C=C=CC=C2N(c1cccc(-c2ccc3c4c(cccc24)-c2ccccc2-3)c1)c1ccccn1. The molecule has 2 aromatic heterocycles. The monoisotopic (exact) mass is 564 g/mol. The zero-order valence-corrected chi connectivity index (χ0v) is 24.3. The lowest BCUT2D eigenvalue weighted by Gasteiger charge is -2.26. The number of anilines is 2. The molecule has 208 valence electrons. The van der Waals surface area contributed by atoms with Gasteiger partial charge in [-0.15, -0.1) is 5.73 Å². The van der Waals surface area contributed by atoms with Crippen LogP contribution in [0.25, 0.3) is 68.1 Å². The minimum absolute atomic E-state index is 0.725. The molecule has 0 radical (unpaired) electrons. The van der Waals surface area contributed by atoms with Gasteiger partial charge in [0, 0.05) is 23.0 Å². The van der Waals surface area contributed by atoms with Crippen LogP contribution in [-0.4, -0.2) is 4.98 Å². The lowest BCUT2D eigenvalue weighted by atomic mass is 9.94. The molecule has 44 heavy (non-hydrogen) atoms. The van der Waals surface area contributed by atoms with Crippen molar-refractivity contribution in [2.75, 3.05) is 4.90 Å². The fraction of sp³-hybridized carbons (Fsp3) is 0.0244. The van der Waals surface area contributed by atoms with Crippen LogP contribution in [0.3, 0.4) is 0 Å². The molecule has 0 saturated carbocycles. The van der Waals surface area contributed by atoms with Crippen molar-refractivity contribution in [3.63, 3.8) is 0 Å². The summed E-state index contributed by atoms with van der Waals surface area (Å²) in [5.41, 5.74) is 14.6. The molecule has 3 nitrogen and oxygen atoms in total. The Morgan fingerprint density at radius 3 is 2.39 bits per heavy atom. The Morgan fingerprint density at radius 2 is 1.59 bits per heavy atom. The second-order valence-electron chi connectivity index (χ2n) is 10.9. The molecule has 2 heterocycles. The summed E-state index contributed by atoms with van der Waals surface area (Å²) in [7, 11) is 0. The zero-order chi connectivity index (χ0) is 29.6. The van der Waals surface area contributed by atoms with Gasteiger partial charge in [0.15, 0.2) is 5.76 Å². The summed E-state index contributed by atoms with van der Waals surface area (Å²) in [6, 6.07) is 34.5. The van der Waals surface area contributed by atoms with E-state index in [9.17, 15) is 0 Å². The number of allylic oxidation sites excluding steroid dienone is 3. The third-order valence-corrected chi connectivity index (χ3v) is 8.41. The van der Waals surface area contributed by atoms with Crippen molar-refractivity contribution < 1.29 is 4.42 Å². The van der Waals surface area contributed by atoms with Crippen LogP contribution in [0.2, 0.25) is 0 Å². The van der Waals surface area contributed by atoms with Gasteiger partial charge in [-0.2, -0.15) is 0 Å². The van der Waals surface area contributed by atoms with Gasteiger partial charge in [0.25, 0.3) is 0 Å². The molecule has 2 aliphatic carbocycles. The first-order valence-electron chi connectivity index (χ1n) is 14.8. The Balaban J connectivity index is 1.32. The number of rotatable bonds is 6. The van der Waals surface area contributed by atoms with Crippen LogP contribution in [0, 0.1) is 0 Å². The standard InChI is InChI=1S/C41H28N2O/c1-3-13-32-36-18-7-8-21-37(41(36)44-38(32)4-2)43(39-22-9-10-25-42-39)28-15-11-14-27(26-28)29-23-24-35-31-17-6-5-16-30(31)34-20-12-19-33(29)40(34)35/h3-6,8-26H,2H2,1H3/b13-3-. The normalized spacial score (nSPS) is 12.7. The van der Waals surface area contributed by atoms with Crippen LogP contribution in [0.5, 0.6) is 0 Å². The van der Waals surface area contributed by atoms with E-state index in [2.05, 4.69) is 102 Å². The van der Waals surface area contributed by atoms with E-state index >= 15 is 0 Å². The van der Waals surface area contributed by atoms with Gasteiger partial charge < -0.3 is 4.42 Å². The smallest absolute Gasteiger partial charge is 0.160 e. The summed E-state index contributed by atoms with van der Waals surface area (Å²) in [5.74, 6) is 2.26. The minimum Gasteiger partial charge on any atom is -0.454 e. The van der Waals surface area contributed by atoms with Crippen LogP contribution in [0.4, 0.5) is 11.5 Å². The first kappa shape index (κ1) is 25.8. The van der Waals surface area contributed by atoms with E-state index in [0.29, 0.717) is 0 Å². The number of hydrogen-bond acceptors (Lipinski definition) is 3. The highest BCUT2D eigenvalue weighted by Crippen LogP contribution is 2.49. The highest BCUT2D eigenvalue weighted by atomic mass is 16.3. The molecule has 0 bridgehead atoms. The number of pyridine rings is 1. The van der Waals surface area contributed by atoms with E-state index in [-0.39, 0.29) is 0 Å². The third-order valence-electron chi connectivity index (χ3n) is 8.41. The number of aromatic nitrogens is 1. The molecule has 0 spiro atoms. The van der Waals surface area contributed by atoms with E-state index in [4.69, 9.17) is 9.40 Å². The second-order valence-corrected chi connectivity index (χ2v) is 10.9. The topological polar surface area (TPSA) is 29.3 Å². The highest BCUT2D eigenvalue weighted by Gasteiger charge is 2.27. The molecule has 2 aliphatic rings. The summed E-state index contributed by atoms with van der Waals surface area (Å²) >= 11 is 0. The largest absolute Gasteiger partial charge is 0.454 e. The maximum atomic E-state index is 6.49. The predicted octanol–water partition coefficient (Wildman–Crippen LogP) is 11.2. The average molecular weight is 565 g/mol. The molecule has 6 aromatic rings. The second kappa shape index (κ2) is 10.4. The molecular formula is C41H28N2O. The first-order chi connectivity index (χ1) is 21.8. The molecule has 0 aliphatic heterocycles. The third kappa shape index (κ3) is 3.95. The fourth-order valence-electron chi connectivity index (χ4n) is 6.56. The molecule has 0 fully saturated rings. The average Bonchev–Trinajstić information content (AvgIpc) is 3.51. The Hall–Kier alpha value is -5.89. The van der Waals surface area contributed by atoms with Crippen LogP contribution in [0.15, 0.2) is 138 Å². The Morgan fingerprint density at radius 1 is 0.818 bits per heavy atom. The maximum Gasteiger partial charge on any atom is 0.160 e. The number of nitrogens with zero attached hydrogens (tertiary/aromatic N) is 2. The van der Waals surface area contributed by atoms with Crippen LogP contribution >= 0.6 is 0 Å². The lowest BCUT2D eigenvalue weighted by molar-refractivity contribution is 0.541. The molecule has 4 aromatic carbocycles. The molecule has 0 atom stereocenters. The van der Waals surface area contributed by atoms with Crippen molar-refractivity contribution >= 4 is 46.2 Å². The van der Waals surface area contributed by atoms with Gasteiger partial charge in [-0.05, 0) is 99.6 Å². The first-order valence-corrected chi connectivity index (χ1v) is 14.8. The molecule has 0 saturated heterocycles. The van der Waals surface area contributed by atoms with Crippen molar-refractivity contribution in [1.82, 2.24) is 4.98 Å².